The van der Waals surface area contributed by atoms with Crippen LogP contribution in [0.3, 0.4) is 0 Å². The lowest BCUT2D eigenvalue weighted by atomic mass is 9.98. The van der Waals surface area contributed by atoms with Gasteiger partial charge in [-0.3, -0.25) is 0 Å². The summed E-state index contributed by atoms with van der Waals surface area (Å²) in [6.07, 6.45) is 3.97. The third kappa shape index (κ3) is 2.05. The predicted molar refractivity (Wildman–Crippen MR) is 76.7 cm³/mol. The number of hydrogen-bond acceptors (Lipinski definition) is 1. The third-order valence-electron chi connectivity index (χ3n) is 2.57. The van der Waals surface area contributed by atoms with Gasteiger partial charge in [0.05, 0.1) is 0 Å². The molecule has 0 saturated carbocycles. The second kappa shape index (κ2) is 4.58. The Kier molecular flexibility index (Phi) is 3.16. The minimum Gasteiger partial charge on any atom is -0.148 e. The zero-order valence-corrected chi connectivity index (χ0v) is 10.2. The molecule has 0 aliphatic heterocycles. The van der Waals surface area contributed by atoms with E-state index in [-0.39, 0.29) is 0 Å². The van der Waals surface area contributed by atoms with Crippen LogP contribution < -0.4 is 0 Å². The van der Waals surface area contributed by atoms with Crippen molar-refractivity contribution in [2.75, 3.05) is 0 Å². The van der Waals surface area contributed by atoms with Crippen molar-refractivity contribution >= 4 is 35.6 Å². The zero-order valence-electron chi connectivity index (χ0n) is 9.27. The van der Waals surface area contributed by atoms with Crippen LogP contribution in [0.5, 0.6) is 0 Å². The van der Waals surface area contributed by atoms with E-state index in [1.807, 2.05) is 13.0 Å². The molecular weight excluding hydrogens is 212 g/mol. The standard InChI is InChI=1S/C15H14S/c1-3-14-13(10-11(2)16)9-8-12-6-4-5-7-15(12)14/h3-10,16H,1H2,2H3/b11-10+. The van der Waals surface area contributed by atoms with Gasteiger partial charge < -0.3 is 0 Å². The summed E-state index contributed by atoms with van der Waals surface area (Å²) in [7, 11) is 0. The molecule has 0 amide bonds. The Morgan fingerprint density at radius 1 is 1.19 bits per heavy atom. The first-order valence-corrected chi connectivity index (χ1v) is 5.68. The first-order chi connectivity index (χ1) is 7.72. The number of fused-ring (bicyclic) bond motifs is 1. The summed E-state index contributed by atoms with van der Waals surface area (Å²) >= 11 is 4.32. The van der Waals surface area contributed by atoms with E-state index >= 15 is 0 Å². The Morgan fingerprint density at radius 2 is 1.94 bits per heavy atom. The quantitative estimate of drug-likeness (QED) is 0.700. The highest BCUT2D eigenvalue weighted by Crippen LogP contribution is 2.25. The van der Waals surface area contributed by atoms with E-state index in [1.54, 1.807) is 0 Å². The number of allylic oxidation sites excluding steroid dienone is 1. The van der Waals surface area contributed by atoms with Crippen LogP contribution in [0.2, 0.25) is 0 Å². The van der Waals surface area contributed by atoms with Gasteiger partial charge in [-0.05, 0) is 39.8 Å². The van der Waals surface area contributed by atoms with Crippen LogP contribution in [-0.2, 0) is 0 Å². The molecule has 0 aliphatic carbocycles. The van der Waals surface area contributed by atoms with Crippen molar-refractivity contribution in [2.24, 2.45) is 0 Å². The summed E-state index contributed by atoms with van der Waals surface area (Å²) in [5.41, 5.74) is 2.34. The second-order valence-corrected chi connectivity index (χ2v) is 4.48. The third-order valence-corrected chi connectivity index (χ3v) is 2.70. The molecule has 0 fully saturated rings. The molecule has 16 heavy (non-hydrogen) atoms. The Morgan fingerprint density at radius 3 is 2.62 bits per heavy atom. The number of thiol groups is 1. The zero-order chi connectivity index (χ0) is 11.5. The number of hydrogen-bond donors (Lipinski definition) is 1. The van der Waals surface area contributed by atoms with Crippen molar-refractivity contribution in [1.82, 2.24) is 0 Å². The lowest BCUT2D eigenvalue weighted by Crippen LogP contribution is -1.84. The topological polar surface area (TPSA) is 0 Å². The predicted octanol–water partition coefficient (Wildman–Crippen LogP) is 4.77. The average molecular weight is 226 g/mol. The van der Waals surface area contributed by atoms with Crippen molar-refractivity contribution < 1.29 is 0 Å². The Labute approximate surface area is 102 Å². The van der Waals surface area contributed by atoms with E-state index in [1.165, 1.54) is 21.9 Å². The summed E-state index contributed by atoms with van der Waals surface area (Å²) in [4.78, 5) is 0.999. The van der Waals surface area contributed by atoms with E-state index in [4.69, 9.17) is 0 Å². The van der Waals surface area contributed by atoms with E-state index in [0.29, 0.717) is 0 Å². The molecule has 0 radical (unpaired) electrons. The van der Waals surface area contributed by atoms with Crippen molar-refractivity contribution in [3.8, 4) is 0 Å². The normalized spacial score (nSPS) is 11.8. The highest BCUT2D eigenvalue weighted by Gasteiger charge is 2.02. The molecule has 0 bridgehead atoms. The summed E-state index contributed by atoms with van der Waals surface area (Å²) in [6.45, 7) is 5.87. The summed E-state index contributed by atoms with van der Waals surface area (Å²) < 4.78 is 0. The second-order valence-electron chi connectivity index (χ2n) is 3.78. The monoisotopic (exact) mass is 226 g/mol. The highest BCUT2D eigenvalue weighted by molar-refractivity contribution is 7.84. The maximum atomic E-state index is 4.32. The first kappa shape index (κ1) is 11.0. The Bertz CT molecular complexity index is 561. The Hall–Kier alpha value is -1.47. The molecule has 0 spiro atoms. The van der Waals surface area contributed by atoms with Gasteiger partial charge in [-0.1, -0.05) is 49.1 Å². The molecular formula is C15H14S. The van der Waals surface area contributed by atoms with Crippen LogP contribution in [0.1, 0.15) is 18.1 Å². The molecule has 2 rings (SSSR count). The Balaban J connectivity index is 2.78. The maximum Gasteiger partial charge on any atom is -0.0106 e. The van der Waals surface area contributed by atoms with Crippen LogP contribution >= 0.6 is 12.6 Å². The minimum atomic E-state index is 0.999. The van der Waals surface area contributed by atoms with Crippen molar-refractivity contribution in [3.63, 3.8) is 0 Å². The molecule has 0 unspecified atom stereocenters. The molecule has 80 valence electrons. The van der Waals surface area contributed by atoms with Crippen LogP contribution in [0, 0.1) is 0 Å². The maximum absolute atomic E-state index is 4.32. The molecule has 0 atom stereocenters. The van der Waals surface area contributed by atoms with E-state index < -0.39 is 0 Å². The molecule has 1 heteroatoms. The van der Waals surface area contributed by atoms with Gasteiger partial charge in [-0.15, -0.1) is 12.6 Å². The molecule has 0 aliphatic rings. The van der Waals surface area contributed by atoms with Gasteiger partial charge in [0.1, 0.15) is 0 Å². The summed E-state index contributed by atoms with van der Waals surface area (Å²) in [6, 6.07) is 12.6. The van der Waals surface area contributed by atoms with Crippen molar-refractivity contribution in [2.45, 2.75) is 6.92 Å². The van der Waals surface area contributed by atoms with Gasteiger partial charge in [0.15, 0.2) is 0 Å². The number of benzene rings is 2. The first-order valence-electron chi connectivity index (χ1n) is 5.24. The van der Waals surface area contributed by atoms with Gasteiger partial charge in [0.25, 0.3) is 0 Å². The largest absolute Gasteiger partial charge is 0.148 e. The fourth-order valence-corrected chi connectivity index (χ4v) is 2.03. The highest BCUT2D eigenvalue weighted by atomic mass is 32.1. The lowest BCUT2D eigenvalue weighted by molar-refractivity contribution is 1.64. The summed E-state index contributed by atoms with van der Waals surface area (Å²) in [5, 5.41) is 2.48. The van der Waals surface area contributed by atoms with E-state index in [0.717, 1.165) is 4.91 Å². The minimum absolute atomic E-state index is 0.999. The van der Waals surface area contributed by atoms with Gasteiger partial charge >= 0.3 is 0 Å². The fraction of sp³-hybridized carbons (Fsp3) is 0.0667. The van der Waals surface area contributed by atoms with Crippen LogP contribution in [0.25, 0.3) is 22.9 Å². The fourth-order valence-electron chi connectivity index (χ4n) is 1.89. The van der Waals surface area contributed by atoms with Crippen LogP contribution in [0.4, 0.5) is 0 Å². The molecule has 0 nitrogen and oxygen atoms in total. The number of rotatable bonds is 2. The SMILES string of the molecule is C=Cc1c(/C=C(\C)S)ccc2ccccc12. The van der Waals surface area contributed by atoms with Crippen molar-refractivity contribution in [1.29, 1.82) is 0 Å². The molecule has 2 aromatic rings. The van der Waals surface area contributed by atoms with Crippen LogP contribution in [-0.4, -0.2) is 0 Å². The van der Waals surface area contributed by atoms with Crippen LogP contribution in [0.15, 0.2) is 47.9 Å². The van der Waals surface area contributed by atoms with Gasteiger partial charge in [-0.2, -0.15) is 0 Å². The smallest absolute Gasteiger partial charge is 0.0106 e. The molecule has 0 N–H and O–H groups in total. The van der Waals surface area contributed by atoms with Gasteiger partial charge in [0.2, 0.25) is 0 Å². The van der Waals surface area contributed by atoms with Gasteiger partial charge in [-0.25, -0.2) is 0 Å². The van der Waals surface area contributed by atoms with E-state index in [2.05, 4.69) is 61.7 Å². The molecule has 0 saturated heterocycles. The summed E-state index contributed by atoms with van der Waals surface area (Å²) in [5.74, 6) is 0. The lowest BCUT2D eigenvalue weighted by Gasteiger charge is -2.06. The van der Waals surface area contributed by atoms with E-state index in [9.17, 15) is 0 Å². The van der Waals surface area contributed by atoms with Gasteiger partial charge in [0, 0.05) is 0 Å². The van der Waals surface area contributed by atoms with Crippen molar-refractivity contribution in [3.05, 3.63) is 59.0 Å². The molecule has 2 aromatic carbocycles. The molecule has 0 aromatic heterocycles. The average Bonchev–Trinajstić information content (AvgIpc) is 2.28. The molecule has 0 heterocycles.